The van der Waals surface area contributed by atoms with E-state index in [1.165, 1.54) is 12.8 Å². The van der Waals surface area contributed by atoms with Crippen molar-refractivity contribution >= 4 is 51.3 Å². The highest BCUT2D eigenvalue weighted by molar-refractivity contribution is 8.03. The van der Waals surface area contributed by atoms with Crippen LogP contribution in [0.15, 0.2) is 23.2 Å². The summed E-state index contributed by atoms with van der Waals surface area (Å²) in [6, 6.07) is 5.26. The second-order valence-corrected chi connectivity index (χ2v) is 7.60. The van der Waals surface area contributed by atoms with Crippen LogP contribution in [-0.4, -0.2) is 14.6 Å². The molecule has 110 valence electrons. The fourth-order valence-corrected chi connectivity index (χ4v) is 4.41. The molecule has 0 unspecified atom stereocenters. The van der Waals surface area contributed by atoms with Crippen LogP contribution in [-0.2, 0) is 0 Å². The third-order valence-electron chi connectivity index (χ3n) is 3.43. The van der Waals surface area contributed by atoms with Crippen molar-refractivity contribution in [3.8, 4) is 16.7 Å². The monoisotopic (exact) mass is 366 g/mol. The van der Waals surface area contributed by atoms with Gasteiger partial charge in [-0.2, -0.15) is 14.9 Å². The maximum absolute atomic E-state index is 9.10. The number of hydrogen-bond acceptors (Lipinski definition) is 5. The second-order valence-electron chi connectivity index (χ2n) is 4.99. The van der Waals surface area contributed by atoms with Crippen molar-refractivity contribution in [1.82, 2.24) is 14.6 Å². The highest BCUT2D eigenvalue weighted by Crippen LogP contribution is 2.44. The van der Waals surface area contributed by atoms with Gasteiger partial charge in [0.05, 0.1) is 5.02 Å². The van der Waals surface area contributed by atoms with E-state index in [4.69, 9.17) is 28.5 Å². The molecule has 0 aliphatic heterocycles. The van der Waals surface area contributed by atoms with Gasteiger partial charge in [-0.3, -0.25) is 0 Å². The topological polar surface area (TPSA) is 54.0 Å². The molecular formula is C14H8Cl2N4S2. The van der Waals surface area contributed by atoms with E-state index in [9.17, 15) is 0 Å². The van der Waals surface area contributed by atoms with Crippen LogP contribution in [0.2, 0.25) is 10.0 Å². The summed E-state index contributed by atoms with van der Waals surface area (Å²) < 4.78 is 1.76. The van der Waals surface area contributed by atoms with Crippen LogP contribution >= 0.6 is 46.3 Å². The van der Waals surface area contributed by atoms with E-state index in [2.05, 4.69) is 15.5 Å². The largest absolute Gasteiger partial charge is 0.216 e. The molecule has 1 saturated carbocycles. The summed E-state index contributed by atoms with van der Waals surface area (Å²) in [6.07, 6.45) is 2.38. The summed E-state index contributed by atoms with van der Waals surface area (Å²) in [5, 5.41) is 18.7. The van der Waals surface area contributed by atoms with Crippen molar-refractivity contribution in [2.75, 3.05) is 0 Å². The Hall–Kier alpha value is -1.26. The fraction of sp³-hybridized carbons (Fsp3) is 0.214. The molecule has 2 heterocycles. The molecule has 22 heavy (non-hydrogen) atoms. The molecular weight excluding hydrogens is 359 g/mol. The van der Waals surface area contributed by atoms with E-state index in [0.717, 1.165) is 27.3 Å². The van der Waals surface area contributed by atoms with Gasteiger partial charge in [0.2, 0.25) is 4.96 Å². The Morgan fingerprint density at radius 1 is 1.36 bits per heavy atom. The summed E-state index contributed by atoms with van der Waals surface area (Å²) in [6.45, 7) is 0. The molecule has 0 radical (unpaired) electrons. The van der Waals surface area contributed by atoms with Crippen molar-refractivity contribution in [1.29, 1.82) is 5.26 Å². The summed E-state index contributed by atoms with van der Waals surface area (Å²) in [7, 11) is 0. The van der Waals surface area contributed by atoms with Crippen LogP contribution in [0.1, 0.15) is 23.8 Å². The zero-order valence-electron chi connectivity index (χ0n) is 11.1. The van der Waals surface area contributed by atoms with E-state index in [0.29, 0.717) is 26.7 Å². The molecule has 1 aliphatic carbocycles. The Balaban J connectivity index is 1.91. The van der Waals surface area contributed by atoms with Crippen molar-refractivity contribution in [2.24, 2.45) is 0 Å². The maximum Gasteiger partial charge on any atom is 0.213 e. The summed E-state index contributed by atoms with van der Waals surface area (Å²) in [4.78, 5) is 5.43. The normalized spacial score (nSPS) is 14.4. The molecule has 0 bridgehead atoms. The maximum atomic E-state index is 9.10. The van der Waals surface area contributed by atoms with Crippen molar-refractivity contribution in [3.05, 3.63) is 33.3 Å². The zero-order valence-corrected chi connectivity index (χ0v) is 14.2. The molecule has 0 amide bonds. The third-order valence-corrected chi connectivity index (χ3v) is 5.70. The molecule has 8 heteroatoms. The lowest BCUT2D eigenvalue weighted by Crippen LogP contribution is -1.90. The number of thiocyanates is 1. The van der Waals surface area contributed by atoms with Gasteiger partial charge in [0.25, 0.3) is 0 Å². The molecule has 0 N–H and O–H groups in total. The van der Waals surface area contributed by atoms with Crippen LogP contribution in [0.3, 0.4) is 0 Å². The summed E-state index contributed by atoms with van der Waals surface area (Å²) in [5.74, 6) is 0.564. The van der Waals surface area contributed by atoms with Crippen LogP contribution in [0, 0.1) is 10.7 Å². The highest BCUT2D eigenvalue weighted by Gasteiger charge is 2.29. The first-order chi connectivity index (χ1) is 10.7. The van der Waals surface area contributed by atoms with Gasteiger partial charge in [-0.25, -0.2) is 4.98 Å². The standard InChI is InChI=1S/C14H8Cl2N4S2/c15-8-3-4-9(10(16)5-8)11-13(21-6-17)20-14(18-11)22-12(19-20)7-1-2-7/h3-5,7H,1-2H2. The van der Waals surface area contributed by atoms with Gasteiger partial charge in [-0.15, -0.1) is 0 Å². The highest BCUT2D eigenvalue weighted by atomic mass is 35.5. The van der Waals surface area contributed by atoms with Crippen LogP contribution < -0.4 is 0 Å². The van der Waals surface area contributed by atoms with E-state index < -0.39 is 0 Å². The lowest BCUT2D eigenvalue weighted by atomic mass is 10.2. The number of fused-ring (bicyclic) bond motifs is 1. The predicted octanol–water partition coefficient (Wildman–Crippen LogP) is 5.22. The van der Waals surface area contributed by atoms with Gasteiger partial charge >= 0.3 is 0 Å². The lowest BCUT2D eigenvalue weighted by molar-refractivity contribution is 0.842. The molecule has 0 spiro atoms. The van der Waals surface area contributed by atoms with Gasteiger partial charge in [-0.1, -0.05) is 34.5 Å². The number of hydrogen-bond donors (Lipinski definition) is 0. The van der Waals surface area contributed by atoms with Gasteiger partial charge in [-0.05, 0) is 31.0 Å². The van der Waals surface area contributed by atoms with Crippen LogP contribution in [0.5, 0.6) is 0 Å². The number of nitrogens with zero attached hydrogens (tertiary/aromatic N) is 4. The van der Waals surface area contributed by atoms with Crippen molar-refractivity contribution in [3.63, 3.8) is 0 Å². The minimum Gasteiger partial charge on any atom is -0.216 e. The average molecular weight is 367 g/mol. The van der Waals surface area contributed by atoms with Gasteiger partial charge < -0.3 is 0 Å². The number of halogens is 2. The first kappa shape index (κ1) is 14.3. The molecule has 4 rings (SSSR count). The molecule has 0 atom stereocenters. The van der Waals surface area contributed by atoms with E-state index in [1.54, 1.807) is 28.0 Å². The smallest absolute Gasteiger partial charge is 0.213 e. The van der Waals surface area contributed by atoms with E-state index in [1.807, 2.05) is 6.07 Å². The Bertz CT molecular complexity index is 921. The van der Waals surface area contributed by atoms with Crippen molar-refractivity contribution < 1.29 is 0 Å². The fourth-order valence-electron chi connectivity index (χ4n) is 2.23. The molecule has 1 aromatic carbocycles. The molecule has 2 aromatic heterocycles. The molecule has 1 fully saturated rings. The first-order valence-corrected chi connectivity index (χ1v) is 8.97. The minimum absolute atomic E-state index is 0.514. The Morgan fingerprint density at radius 2 is 2.18 bits per heavy atom. The number of rotatable bonds is 3. The Morgan fingerprint density at radius 3 is 2.86 bits per heavy atom. The van der Waals surface area contributed by atoms with Crippen molar-refractivity contribution in [2.45, 2.75) is 23.8 Å². The second kappa shape index (κ2) is 5.43. The number of thioether (sulfide) groups is 1. The molecule has 0 saturated heterocycles. The first-order valence-electron chi connectivity index (χ1n) is 6.58. The van der Waals surface area contributed by atoms with Gasteiger partial charge in [0.1, 0.15) is 21.1 Å². The van der Waals surface area contributed by atoms with Crippen LogP contribution in [0.25, 0.3) is 16.2 Å². The summed E-state index contributed by atoms with van der Waals surface area (Å²) >= 11 is 14.9. The minimum atomic E-state index is 0.514. The van der Waals surface area contributed by atoms with E-state index >= 15 is 0 Å². The van der Waals surface area contributed by atoms with E-state index in [-0.39, 0.29) is 0 Å². The average Bonchev–Trinajstić information content (AvgIpc) is 3.17. The molecule has 3 aromatic rings. The number of benzene rings is 1. The summed E-state index contributed by atoms with van der Waals surface area (Å²) in [5.41, 5.74) is 1.43. The molecule has 4 nitrogen and oxygen atoms in total. The predicted molar refractivity (Wildman–Crippen MR) is 89.8 cm³/mol. The number of nitriles is 1. The number of imidazole rings is 1. The Labute approximate surface area is 144 Å². The van der Waals surface area contributed by atoms with Gasteiger partial charge in [0, 0.05) is 28.3 Å². The number of aromatic nitrogens is 3. The zero-order chi connectivity index (χ0) is 15.3. The van der Waals surface area contributed by atoms with Gasteiger partial charge in [0.15, 0.2) is 0 Å². The lowest BCUT2D eigenvalue weighted by Gasteiger charge is -2.03. The third kappa shape index (κ3) is 2.38. The quantitative estimate of drug-likeness (QED) is 0.471. The molecule has 1 aliphatic rings. The Kier molecular flexibility index (Phi) is 3.54. The van der Waals surface area contributed by atoms with Crippen LogP contribution in [0.4, 0.5) is 0 Å². The SMILES string of the molecule is N#CSc1c(-c2ccc(Cl)cc2Cl)nc2sc(C3CC3)nn12.